The van der Waals surface area contributed by atoms with Gasteiger partial charge in [0.1, 0.15) is 23.4 Å². The van der Waals surface area contributed by atoms with Crippen molar-refractivity contribution in [1.82, 2.24) is 0 Å². The van der Waals surface area contributed by atoms with E-state index in [0.717, 1.165) is 5.56 Å². The van der Waals surface area contributed by atoms with E-state index >= 15 is 0 Å². The highest BCUT2D eigenvalue weighted by Crippen LogP contribution is 2.44. The van der Waals surface area contributed by atoms with Gasteiger partial charge in [-0.15, -0.1) is 0 Å². The molecule has 24 heavy (non-hydrogen) atoms. The van der Waals surface area contributed by atoms with Gasteiger partial charge in [-0.2, -0.15) is 0 Å². The summed E-state index contributed by atoms with van der Waals surface area (Å²) in [5.74, 6) is 0.671. The minimum atomic E-state index is -4.05. The summed E-state index contributed by atoms with van der Waals surface area (Å²) in [6.07, 6.45) is 0. The average Bonchev–Trinajstić information content (AvgIpc) is 2.61. The summed E-state index contributed by atoms with van der Waals surface area (Å²) >= 11 is 0. The van der Waals surface area contributed by atoms with Crippen LogP contribution in [-0.4, -0.2) is 4.89 Å². The van der Waals surface area contributed by atoms with Crippen LogP contribution in [0.4, 0.5) is 0 Å². The van der Waals surface area contributed by atoms with Crippen molar-refractivity contribution < 1.29 is 18.7 Å². The van der Waals surface area contributed by atoms with Crippen molar-refractivity contribution >= 4 is 12.9 Å². The minimum absolute atomic E-state index is 0.143. The molecule has 1 N–H and O–H groups in total. The molecule has 3 aromatic carbocycles. The third-order valence-corrected chi connectivity index (χ3v) is 4.82. The van der Waals surface area contributed by atoms with Crippen LogP contribution in [0, 0.1) is 0 Å². The van der Waals surface area contributed by atoms with E-state index < -0.39 is 7.60 Å². The number of benzene rings is 3. The highest BCUT2D eigenvalue weighted by Gasteiger charge is 2.28. The summed E-state index contributed by atoms with van der Waals surface area (Å²) in [6.45, 7) is 0.309. The van der Waals surface area contributed by atoms with Crippen LogP contribution in [0.2, 0.25) is 0 Å². The Morgan fingerprint density at radius 1 is 0.792 bits per heavy atom. The molecule has 0 aliphatic rings. The number of hydrogen-bond donors (Lipinski definition) is 1. The number of rotatable bonds is 6. The van der Waals surface area contributed by atoms with Crippen molar-refractivity contribution in [2.24, 2.45) is 0 Å². The standard InChI is InChI=1S/C19H17O4P/c20-24(21,23-17-11-5-2-6-12-17)19-14-8-7-13-18(19)22-15-16-9-3-1-4-10-16/h1-14H,15H2,(H,20,21). The Morgan fingerprint density at radius 2 is 1.38 bits per heavy atom. The molecule has 0 heterocycles. The van der Waals surface area contributed by atoms with E-state index in [1.165, 1.54) is 0 Å². The average molecular weight is 340 g/mol. The zero-order valence-electron chi connectivity index (χ0n) is 12.9. The molecule has 5 heteroatoms. The fraction of sp³-hybridized carbons (Fsp3) is 0.0526. The second-order valence-electron chi connectivity index (χ2n) is 5.17. The molecule has 122 valence electrons. The summed E-state index contributed by atoms with van der Waals surface area (Å²) in [7, 11) is -4.05. The smallest absolute Gasteiger partial charge is 0.411 e. The van der Waals surface area contributed by atoms with Crippen LogP contribution < -0.4 is 14.6 Å². The molecule has 3 rings (SSSR count). The largest absolute Gasteiger partial charge is 0.488 e. The second-order valence-corrected chi connectivity index (χ2v) is 6.87. The van der Waals surface area contributed by atoms with Crippen LogP contribution in [0.5, 0.6) is 11.5 Å². The van der Waals surface area contributed by atoms with E-state index in [1.807, 2.05) is 36.4 Å². The molecule has 3 aromatic rings. The normalized spacial score (nSPS) is 13.0. The van der Waals surface area contributed by atoms with Gasteiger partial charge in [0.15, 0.2) is 0 Å². The molecule has 1 atom stereocenters. The monoisotopic (exact) mass is 340 g/mol. The second kappa shape index (κ2) is 7.35. The van der Waals surface area contributed by atoms with Crippen molar-refractivity contribution in [3.05, 3.63) is 90.5 Å². The van der Waals surface area contributed by atoms with Gasteiger partial charge in [0.25, 0.3) is 0 Å². The Labute approximate surface area is 140 Å². The molecule has 0 saturated heterocycles. The van der Waals surface area contributed by atoms with E-state index in [9.17, 15) is 9.46 Å². The maximum atomic E-state index is 12.7. The third-order valence-electron chi connectivity index (χ3n) is 3.38. The summed E-state index contributed by atoms with van der Waals surface area (Å²) in [6, 6.07) is 24.8. The van der Waals surface area contributed by atoms with Crippen LogP contribution in [0.1, 0.15) is 5.56 Å². The van der Waals surface area contributed by atoms with Crippen LogP contribution in [0.25, 0.3) is 0 Å². The molecule has 0 fully saturated rings. The highest BCUT2D eigenvalue weighted by atomic mass is 31.2. The number of ether oxygens (including phenoxy) is 1. The van der Waals surface area contributed by atoms with Crippen LogP contribution in [0.15, 0.2) is 84.9 Å². The molecule has 0 saturated carbocycles. The zero-order valence-corrected chi connectivity index (χ0v) is 13.8. The van der Waals surface area contributed by atoms with E-state index in [2.05, 4.69) is 0 Å². The molecule has 0 aliphatic carbocycles. The van der Waals surface area contributed by atoms with E-state index in [4.69, 9.17) is 9.26 Å². The first-order valence-corrected chi connectivity index (χ1v) is 9.07. The summed E-state index contributed by atoms with van der Waals surface area (Å²) in [5.41, 5.74) is 0.976. The molecular formula is C19H17O4P. The van der Waals surface area contributed by atoms with E-state index in [-0.39, 0.29) is 5.30 Å². The maximum absolute atomic E-state index is 12.7. The summed E-state index contributed by atoms with van der Waals surface area (Å²) in [4.78, 5) is 10.4. The van der Waals surface area contributed by atoms with Gasteiger partial charge in [0.05, 0.1) is 0 Å². The lowest BCUT2D eigenvalue weighted by atomic mass is 10.2. The van der Waals surface area contributed by atoms with Gasteiger partial charge >= 0.3 is 7.60 Å². The van der Waals surface area contributed by atoms with E-state index in [1.54, 1.807) is 48.5 Å². The number of hydrogen-bond acceptors (Lipinski definition) is 3. The van der Waals surface area contributed by atoms with Gasteiger partial charge in [0.2, 0.25) is 0 Å². The fourth-order valence-electron chi connectivity index (χ4n) is 2.22. The molecule has 4 nitrogen and oxygen atoms in total. The predicted molar refractivity (Wildman–Crippen MR) is 93.7 cm³/mol. The molecule has 0 amide bonds. The first-order valence-electron chi connectivity index (χ1n) is 7.49. The molecule has 0 bridgehead atoms. The molecule has 0 spiro atoms. The van der Waals surface area contributed by atoms with E-state index in [0.29, 0.717) is 18.1 Å². The Bertz CT molecular complexity index is 834. The topological polar surface area (TPSA) is 55.8 Å². The summed E-state index contributed by atoms with van der Waals surface area (Å²) < 4.78 is 23.7. The van der Waals surface area contributed by atoms with Crippen molar-refractivity contribution in [3.8, 4) is 11.5 Å². The molecule has 0 radical (unpaired) electrons. The highest BCUT2D eigenvalue weighted by molar-refractivity contribution is 7.61. The SMILES string of the molecule is O=P(O)(Oc1ccccc1)c1ccccc1OCc1ccccc1. The zero-order chi connectivity index (χ0) is 16.8. The lowest BCUT2D eigenvalue weighted by Gasteiger charge is -2.17. The third kappa shape index (κ3) is 4.05. The Morgan fingerprint density at radius 3 is 2.08 bits per heavy atom. The Hall–Kier alpha value is -2.55. The summed E-state index contributed by atoms with van der Waals surface area (Å²) in [5, 5.41) is 0.143. The molecule has 0 aliphatic heterocycles. The van der Waals surface area contributed by atoms with Crippen LogP contribution in [0.3, 0.4) is 0 Å². The van der Waals surface area contributed by atoms with Crippen LogP contribution in [-0.2, 0) is 11.2 Å². The van der Waals surface area contributed by atoms with Gasteiger partial charge in [-0.25, -0.2) is 4.57 Å². The number of para-hydroxylation sites is 2. The molecule has 0 aromatic heterocycles. The minimum Gasteiger partial charge on any atom is -0.488 e. The lowest BCUT2D eigenvalue weighted by molar-refractivity contribution is 0.306. The molecular weight excluding hydrogens is 323 g/mol. The first-order chi connectivity index (χ1) is 11.6. The first kappa shape index (κ1) is 16.3. The maximum Gasteiger partial charge on any atom is 0.411 e. The predicted octanol–water partition coefficient (Wildman–Crippen LogP) is 4.16. The van der Waals surface area contributed by atoms with Gasteiger partial charge in [-0.05, 0) is 29.8 Å². The Kier molecular flexibility index (Phi) is 4.99. The quantitative estimate of drug-likeness (QED) is 0.685. The van der Waals surface area contributed by atoms with Crippen molar-refractivity contribution in [2.75, 3.05) is 0 Å². The van der Waals surface area contributed by atoms with Gasteiger partial charge in [-0.3, -0.25) is 0 Å². The van der Waals surface area contributed by atoms with Crippen molar-refractivity contribution in [2.45, 2.75) is 6.61 Å². The van der Waals surface area contributed by atoms with Gasteiger partial charge in [-0.1, -0.05) is 60.7 Å². The van der Waals surface area contributed by atoms with Gasteiger partial charge in [0, 0.05) is 0 Å². The van der Waals surface area contributed by atoms with Crippen LogP contribution >= 0.6 is 7.60 Å². The van der Waals surface area contributed by atoms with Crippen molar-refractivity contribution in [1.29, 1.82) is 0 Å². The molecule has 1 unspecified atom stereocenters. The lowest BCUT2D eigenvalue weighted by Crippen LogP contribution is -2.13. The van der Waals surface area contributed by atoms with Crippen molar-refractivity contribution in [3.63, 3.8) is 0 Å². The fourth-order valence-corrected chi connectivity index (χ4v) is 3.42. The Balaban J connectivity index is 1.81. The van der Waals surface area contributed by atoms with Gasteiger partial charge < -0.3 is 14.2 Å².